The first kappa shape index (κ1) is 22.7. The second kappa shape index (κ2) is 7.85. The SMILES string of the molecule is CCC1=C(C)c2cc3[nH]c(cc4nc(c5c6[nH]c(cc1n2)c(C)c6=C(O)C5)[C@@H](C)[C@@H]4C)c(C)c3=CO. The standard InChI is InChI=1S/C30H32N4O2/c1-7-18-15(4)23-10-26-20(12-35)16(5)22(32-26)9-21-13(2)14(3)29(33-21)19-8-27(36)28-17(6)24(34-30(19)28)11-25(18)31-23/h9-14,32,34-36H,7-8H2,1-6H3/t13-,14-/m0/s1. The fourth-order valence-electron chi connectivity index (χ4n) is 6.08. The second-order valence-electron chi connectivity index (χ2n) is 10.4. The molecule has 0 saturated carbocycles. The highest BCUT2D eigenvalue weighted by Crippen LogP contribution is 2.39. The minimum Gasteiger partial charge on any atom is -0.515 e. The van der Waals surface area contributed by atoms with Crippen LogP contribution in [0.4, 0.5) is 0 Å². The summed E-state index contributed by atoms with van der Waals surface area (Å²) < 4.78 is 0. The maximum atomic E-state index is 11.0. The maximum Gasteiger partial charge on any atom is 0.106 e. The zero-order chi connectivity index (χ0) is 25.5. The lowest BCUT2D eigenvalue weighted by Crippen LogP contribution is -2.02. The van der Waals surface area contributed by atoms with Gasteiger partial charge in [0.2, 0.25) is 0 Å². The molecule has 0 radical (unpaired) electrons. The van der Waals surface area contributed by atoms with Crippen LogP contribution >= 0.6 is 0 Å². The molecule has 8 bridgehead atoms. The Labute approximate surface area is 209 Å². The molecule has 0 amide bonds. The topological polar surface area (TPSA) is 97.8 Å². The van der Waals surface area contributed by atoms with Gasteiger partial charge in [0.15, 0.2) is 0 Å². The van der Waals surface area contributed by atoms with Crippen LogP contribution in [0.1, 0.15) is 85.4 Å². The van der Waals surface area contributed by atoms with Crippen LogP contribution in [0, 0.1) is 13.8 Å². The first-order chi connectivity index (χ1) is 17.2. The Morgan fingerprint density at radius 2 is 1.67 bits per heavy atom. The summed E-state index contributed by atoms with van der Waals surface area (Å²) in [6.07, 6.45) is 2.53. The van der Waals surface area contributed by atoms with Crippen molar-refractivity contribution >= 4 is 45.2 Å². The van der Waals surface area contributed by atoms with Gasteiger partial charge in [-0.3, -0.25) is 4.98 Å². The molecular formula is C30H32N4O2. The van der Waals surface area contributed by atoms with Gasteiger partial charge in [-0.1, -0.05) is 20.8 Å². The molecule has 184 valence electrons. The average Bonchev–Trinajstić information content (AvgIpc) is 3.58. The number of hydrogen-bond donors (Lipinski definition) is 4. The van der Waals surface area contributed by atoms with E-state index in [9.17, 15) is 10.2 Å². The molecule has 2 atom stereocenters. The van der Waals surface area contributed by atoms with Crippen molar-refractivity contribution < 1.29 is 10.2 Å². The van der Waals surface area contributed by atoms with E-state index in [0.29, 0.717) is 12.2 Å². The molecule has 3 aromatic rings. The van der Waals surface area contributed by atoms with Gasteiger partial charge < -0.3 is 20.2 Å². The van der Waals surface area contributed by atoms with Gasteiger partial charge in [0.05, 0.1) is 28.7 Å². The number of aliphatic hydroxyl groups is 2. The van der Waals surface area contributed by atoms with E-state index in [1.165, 1.54) is 11.8 Å². The highest BCUT2D eigenvalue weighted by Gasteiger charge is 2.30. The van der Waals surface area contributed by atoms with E-state index >= 15 is 0 Å². The molecule has 6 nitrogen and oxygen atoms in total. The molecule has 0 aromatic carbocycles. The number of fused-ring (bicyclic) bond motifs is 8. The number of hydrogen-bond acceptors (Lipinski definition) is 4. The van der Waals surface area contributed by atoms with Gasteiger partial charge in [-0.15, -0.1) is 0 Å². The number of nitrogens with one attached hydrogen (secondary N) is 2. The molecular weight excluding hydrogens is 448 g/mol. The summed E-state index contributed by atoms with van der Waals surface area (Å²) in [6, 6.07) is 6.23. The molecule has 4 N–H and O–H groups in total. The van der Waals surface area contributed by atoms with Crippen molar-refractivity contribution in [2.75, 3.05) is 0 Å². The number of rotatable bonds is 1. The quantitative estimate of drug-likeness (QED) is 0.359. The van der Waals surface area contributed by atoms with Gasteiger partial charge in [0.1, 0.15) is 5.76 Å². The Morgan fingerprint density at radius 1 is 0.944 bits per heavy atom. The Hall–Kier alpha value is -3.80. The Balaban J connectivity index is 1.85. The van der Waals surface area contributed by atoms with Crippen molar-refractivity contribution in [3.05, 3.63) is 68.1 Å². The molecule has 0 fully saturated rings. The molecule has 6 heteroatoms. The second-order valence-corrected chi connectivity index (χ2v) is 10.4. The van der Waals surface area contributed by atoms with Gasteiger partial charge in [-0.05, 0) is 67.7 Å². The van der Waals surface area contributed by atoms with Crippen molar-refractivity contribution in [2.24, 2.45) is 0 Å². The Bertz CT molecular complexity index is 1790. The fourth-order valence-corrected chi connectivity index (χ4v) is 6.08. The van der Waals surface area contributed by atoms with Crippen LogP contribution in [0.2, 0.25) is 0 Å². The van der Waals surface area contributed by atoms with Crippen molar-refractivity contribution in [1.29, 1.82) is 0 Å². The number of aromatic amines is 2. The lowest BCUT2D eigenvalue weighted by atomic mass is 9.91. The third kappa shape index (κ3) is 3.03. The molecule has 36 heavy (non-hydrogen) atoms. The van der Waals surface area contributed by atoms with E-state index in [1.807, 2.05) is 13.0 Å². The van der Waals surface area contributed by atoms with Crippen LogP contribution in [0.15, 0.2) is 18.2 Å². The molecule has 0 spiro atoms. The van der Waals surface area contributed by atoms with E-state index in [2.05, 4.69) is 56.7 Å². The molecule has 3 aliphatic rings. The number of allylic oxidation sites excluding steroid dienone is 2. The van der Waals surface area contributed by atoms with E-state index in [-0.39, 0.29) is 11.8 Å². The summed E-state index contributed by atoms with van der Waals surface area (Å²) in [5.74, 6) is 0.843. The summed E-state index contributed by atoms with van der Waals surface area (Å²) in [7, 11) is 0. The van der Waals surface area contributed by atoms with Crippen LogP contribution in [0.25, 0.3) is 45.2 Å². The minimum atomic E-state index is 0.218. The predicted molar refractivity (Wildman–Crippen MR) is 146 cm³/mol. The molecule has 3 aromatic heterocycles. The van der Waals surface area contributed by atoms with Crippen LogP contribution in [0.3, 0.4) is 0 Å². The van der Waals surface area contributed by atoms with E-state index in [4.69, 9.17) is 9.97 Å². The van der Waals surface area contributed by atoms with Gasteiger partial charge in [-0.25, -0.2) is 4.98 Å². The number of aliphatic hydroxyl groups excluding tert-OH is 2. The van der Waals surface area contributed by atoms with Crippen LogP contribution < -0.4 is 10.4 Å². The normalized spacial score (nSPS) is 19.6. The number of aryl methyl sites for hydroxylation is 2. The molecule has 0 saturated heterocycles. The van der Waals surface area contributed by atoms with Crippen LogP contribution in [-0.4, -0.2) is 30.1 Å². The number of nitrogens with zero attached hydrogens (tertiary/aromatic N) is 2. The zero-order valence-electron chi connectivity index (χ0n) is 21.7. The van der Waals surface area contributed by atoms with Crippen molar-refractivity contribution in [1.82, 2.24) is 19.9 Å². The van der Waals surface area contributed by atoms with Crippen molar-refractivity contribution in [2.45, 2.75) is 66.2 Å². The predicted octanol–water partition coefficient (Wildman–Crippen LogP) is 5.70. The summed E-state index contributed by atoms with van der Waals surface area (Å²) in [6.45, 7) is 12.7. The molecule has 6 rings (SSSR count). The number of H-pyrrole nitrogens is 2. The Kier molecular flexibility index (Phi) is 4.94. The van der Waals surface area contributed by atoms with Crippen LogP contribution in [-0.2, 0) is 6.42 Å². The minimum absolute atomic E-state index is 0.218. The van der Waals surface area contributed by atoms with Gasteiger partial charge in [0, 0.05) is 56.7 Å². The third-order valence-corrected chi connectivity index (χ3v) is 8.52. The van der Waals surface area contributed by atoms with E-state index in [0.717, 1.165) is 84.0 Å². The Morgan fingerprint density at radius 3 is 2.39 bits per heavy atom. The highest BCUT2D eigenvalue weighted by molar-refractivity contribution is 5.93. The van der Waals surface area contributed by atoms with Crippen LogP contribution in [0.5, 0.6) is 0 Å². The molecule has 0 unspecified atom stereocenters. The summed E-state index contributed by atoms with van der Waals surface area (Å²) in [5, 5.41) is 22.8. The highest BCUT2D eigenvalue weighted by atomic mass is 16.3. The summed E-state index contributed by atoms with van der Waals surface area (Å²) >= 11 is 0. The van der Waals surface area contributed by atoms with E-state index < -0.39 is 0 Å². The van der Waals surface area contributed by atoms with E-state index in [1.54, 1.807) is 0 Å². The first-order valence-electron chi connectivity index (χ1n) is 12.7. The van der Waals surface area contributed by atoms with Crippen molar-refractivity contribution in [3.8, 4) is 0 Å². The molecule has 2 aliphatic heterocycles. The van der Waals surface area contributed by atoms with Gasteiger partial charge >= 0.3 is 0 Å². The molecule has 5 heterocycles. The number of aromatic nitrogens is 4. The van der Waals surface area contributed by atoms with Crippen molar-refractivity contribution in [3.63, 3.8) is 0 Å². The maximum absolute atomic E-state index is 11.0. The third-order valence-electron chi connectivity index (χ3n) is 8.52. The lowest BCUT2D eigenvalue weighted by molar-refractivity contribution is 0.489. The van der Waals surface area contributed by atoms with Gasteiger partial charge in [0.25, 0.3) is 0 Å². The molecule has 1 aliphatic carbocycles. The fraction of sp³-hybridized carbons (Fsp3) is 0.333. The summed E-state index contributed by atoms with van der Waals surface area (Å²) in [5.41, 5.74) is 13.0. The monoisotopic (exact) mass is 480 g/mol. The average molecular weight is 481 g/mol. The smallest absolute Gasteiger partial charge is 0.106 e. The largest absolute Gasteiger partial charge is 0.515 e. The summed E-state index contributed by atoms with van der Waals surface area (Å²) in [4.78, 5) is 17.3. The lowest BCUT2D eigenvalue weighted by Gasteiger charge is -2.11. The first-order valence-corrected chi connectivity index (χ1v) is 12.7. The van der Waals surface area contributed by atoms with Gasteiger partial charge in [-0.2, -0.15) is 0 Å². The zero-order valence-corrected chi connectivity index (χ0v) is 21.7.